The van der Waals surface area contributed by atoms with Crippen LogP contribution in [0.2, 0.25) is 0 Å². The molecule has 1 aromatic carbocycles. The lowest BCUT2D eigenvalue weighted by molar-refractivity contribution is 0.0959. The second-order valence-corrected chi connectivity index (χ2v) is 2.79. The first-order chi connectivity index (χ1) is 6.77. The van der Waals surface area contributed by atoms with Gasteiger partial charge in [0.2, 0.25) is 0 Å². The van der Waals surface area contributed by atoms with Crippen LogP contribution in [0, 0.1) is 5.82 Å². The third kappa shape index (κ3) is 1.54. The van der Waals surface area contributed by atoms with Crippen LogP contribution in [-0.2, 0) is 0 Å². The van der Waals surface area contributed by atoms with Crippen LogP contribution in [0.25, 0.3) is 0 Å². The average Bonchev–Trinajstić information content (AvgIpc) is 2.69. The Bertz CT molecular complexity index is 451. The SMILES string of the molecule is O=C(c1cccc(F)c1)n1ccnc1. The summed E-state index contributed by atoms with van der Waals surface area (Å²) in [5.74, 6) is -0.710. The summed E-state index contributed by atoms with van der Waals surface area (Å²) in [7, 11) is 0. The van der Waals surface area contributed by atoms with Gasteiger partial charge in [0, 0.05) is 18.0 Å². The molecule has 3 nitrogen and oxygen atoms in total. The number of rotatable bonds is 1. The van der Waals surface area contributed by atoms with Crippen molar-refractivity contribution in [2.45, 2.75) is 0 Å². The molecular formula is C10H7FN2O. The molecule has 4 heteroatoms. The number of carbonyl (C=O) groups excluding carboxylic acids is 1. The fraction of sp³-hybridized carbons (Fsp3) is 0. The standard InChI is InChI=1S/C10H7FN2O/c11-9-3-1-2-8(6-9)10(14)13-5-4-12-7-13/h1-7H. The number of benzene rings is 1. The van der Waals surface area contributed by atoms with Crippen molar-refractivity contribution in [3.05, 3.63) is 54.4 Å². The van der Waals surface area contributed by atoms with Gasteiger partial charge in [0.1, 0.15) is 12.1 Å². The summed E-state index contributed by atoms with van der Waals surface area (Å²) in [6.45, 7) is 0. The van der Waals surface area contributed by atoms with E-state index in [2.05, 4.69) is 4.98 Å². The first-order valence-electron chi connectivity index (χ1n) is 4.05. The van der Waals surface area contributed by atoms with E-state index in [9.17, 15) is 9.18 Å². The third-order valence-corrected chi connectivity index (χ3v) is 1.81. The maximum absolute atomic E-state index is 12.8. The monoisotopic (exact) mass is 190 g/mol. The van der Waals surface area contributed by atoms with E-state index in [0.29, 0.717) is 5.56 Å². The van der Waals surface area contributed by atoms with Gasteiger partial charge < -0.3 is 0 Å². The van der Waals surface area contributed by atoms with Crippen molar-refractivity contribution in [3.63, 3.8) is 0 Å². The summed E-state index contributed by atoms with van der Waals surface area (Å²) < 4.78 is 14.1. The van der Waals surface area contributed by atoms with Crippen LogP contribution in [0.3, 0.4) is 0 Å². The minimum Gasteiger partial charge on any atom is -0.272 e. The van der Waals surface area contributed by atoms with Crippen molar-refractivity contribution < 1.29 is 9.18 Å². The molecule has 1 aromatic heterocycles. The molecule has 14 heavy (non-hydrogen) atoms. The van der Waals surface area contributed by atoms with Crippen LogP contribution in [0.15, 0.2) is 43.0 Å². The molecule has 1 heterocycles. The molecule has 0 spiro atoms. The van der Waals surface area contributed by atoms with Gasteiger partial charge in [-0.05, 0) is 18.2 Å². The molecule has 0 bridgehead atoms. The highest BCUT2D eigenvalue weighted by atomic mass is 19.1. The first kappa shape index (κ1) is 8.62. The first-order valence-corrected chi connectivity index (χ1v) is 4.05. The Kier molecular flexibility index (Phi) is 2.10. The number of carbonyl (C=O) groups is 1. The molecule has 0 unspecified atom stereocenters. The molecule has 0 saturated carbocycles. The minimum atomic E-state index is -0.420. The molecule has 2 rings (SSSR count). The highest BCUT2D eigenvalue weighted by molar-refractivity contribution is 5.95. The average molecular weight is 190 g/mol. The van der Waals surface area contributed by atoms with Gasteiger partial charge in [-0.15, -0.1) is 0 Å². The number of nitrogens with zero attached hydrogens (tertiary/aromatic N) is 2. The van der Waals surface area contributed by atoms with E-state index < -0.39 is 5.82 Å². The summed E-state index contributed by atoms with van der Waals surface area (Å²) in [6.07, 6.45) is 4.40. The van der Waals surface area contributed by atoms with Crippen molar-refractivity contribution in [2.75, 3.05) is 0 Å². The van der Waals surface area contributed by atoms with Crippen LogP contribution < -0.4 is 0 Å². The predicted octanol–water partition coefficient (Wildman–Crippen LogP) is 1.71. The molecule has 0 aliphatic rings. The van der Waals surface area contributed by atoms with Gasteiger partial charge in [0.05, 0.1) is 0 Å². The Morgan fingerprint density at radius 2 is 2.29 bits per heavy atom. The maximum atomic E-state index is 12.8. The Hall–Kier alpha value is -1.97. The van der Waals surface area contributed by atoms with Crippen LogP contribution in [0.4, 0.5) is 4.39 Å². The highest BCUT2D eigenvalue weighted by Crippen LogP contribution is 2.05. The second kappa shape index (κ2) is 3.41. The van der Waals surface area contributed by atoms with Crippen LogP contribution >= 0.6 is 0 Å². The quantitative estimate of drug-likeness (QED) is 0.686. The van der Waals surface area contributed by atoms with Crippen molar-refractivity contribution >= 4 is 5.91 Å². The van der Waals surface area contributed by atoms with Crippen LogP contribution in [0.1, 0.15) is 10.4 Å². The van der Waals surface area contributed by atoms with E-state index in [1.165, 1.54) is 41.5 Å². The molecule has 2 aromatic rings. The van der Waals surface area contributed by atoms with Crippen LogP contribution in [0.5, 0.6) is 0 Å². The third-order valence-electron chi connectivity index (χ3n) is 1.81. The minimum absolute atomic E-state index is 0.290. The number of aromatic nitrogens is 2. The molecule has 0 atom stereocenters. The molecule has 0 aliphatic heterocycles. The van der Waals surface area contributed by atoms with Crippen molar-refractivity contribution in [2.24, 2.45) is 0 Å². The molecule has 0 amide bonds. The van der Waals surface area contributed by atoms with Gasteiger partial charge in [-0.3, -0.25) is 9.36 Å². The lowest BCUT2D eigenvalue weighted by atomic mass is 10.2. The number of hydrogen-bond donors (Lipinski definition) is 0. The zero-order chi connectivity index (χ0) is 9.97. The Morgan fingerprint density at radius 1 is 1.43 bits per heavy atom. The number of halogens is 1. The van der Waals surface area contributed by atoms with Gasteiger partial charge in [0.25, 0.3) is 5.91 Å². The van der Waals surface area contributed by atoms with Gasteiger partial charge in [-0.2, -0.15) is 0 Å². The normalized spacial score (nSPS) is 10.1. The van der Waals surface area contributed by atoms with Gasteiger partial charge >= 0.3 is 0 Å². The molecular weight excluding hydrogens is 183 g/mol. The summed E-state index contributed by atoms with van der Waals surface area (Å²) >= 11 is 0. The summed E-state index contributed by atoms with van der Waals surface area (Å²) in [6, 6.07) is 5.55. The zero-order valence-corrected chi connectivity index (χ0v) is 7.22. The molecule has 0 N–H and O–H groups in total. The predicted molar refractivity (Wildman–Crippen MR) is 48.4 cm³/mol. The number of hydrogen-bond acceptors (Lipinski definition) is 2. The smallest absolute Gasteiger partial charge is 0.263 e. The van der Waals surface area contributed by atoms with Crippen molar-refractivity contribution in [3.8, 4) is 0 Å². The van der Waals surface area contributed by atoms with E-state index in [4.69, 9.17) is 0 Å². The fourth-order valence-corrected chi connectivity index (χ4v) is 1.15. The van der Waals surface area contributed by atoms with E-state index in [0.717, 1.165) is 0 Å². The summed E-state index contributed by atoms with van der Waals surface area (Å²) in [4.78, 5) is 15.4. The summed E-state index contributed by atoms with van der Waals surface area (Å²) in [5.41, 5.74) is 0.308. The molecule has 0 fully saturated rings. The Morgan fingerprint density at radius 3 is 2.93 bits per heavy atom. The lowest BCUT2D eigenvalue weighted by Crippen LogP contribution is -2.09. The van der Waals surface area contributed by atoms with Gasteiger partial charge in [-0.25, -0.2) is 9.37 Å². The second-order valence-electron chi connectivity index (χ2n) is 2.79. The van der Waals surface area contributed by atoms with E-state index in [1.54, 1.807) is 6.07 Å². The maximum Gasteiger partial charge on any atom is 0.263 e. The highest BCUT2D eigenvalue weighted by Gasteiger charge is 2.07. The van der Waals surface area contributed by atoms with E-state index >= 15 is 0 Å². The molecule has 70 valence electrons. The van der Waals surface area contributed by atoms with Gasteiger partial charge in [-0.1, -0.05) is 6.07 Å². The van der Waals surface area contributed by atoms with Crippen molar-refractivity contribution in [1.29, 1.82) is 0 Å². The fourth-order valence-electron chi connectivity index (χ4n) is 1.15. The molecule has 0 radical (unpaired) electrons. The summed E-state index contributed by atoms with van der Waals surface area (Å²) in [5, 5.41) is 0. The van der Waals surface area contributed by atoms with E-state index in [1.807, 2.05) is 0 Å². The lowest BCUT2D eigenvalue weighted by Gasteiger charge is -2.00. The van der Waals surface area contributed by atoms with Crippen molar-refractivity contribution in [1.82, 2.24) is 9.55 Å². The number of imidazole rings is 1. The zero-order valence-electron chi connectivity index (χ0n) is 7.22. The van der Waals surface area contributed by atoms with Gasteiger partial charge in [0.15, 0.2) is 0 Å². The topological polar surface area (TPSA) is 34.9 Å². The van der Waals surface area contributed by atoms with E-state index in [-0.39, 0.29) is 5.91 Å². The largest absolute Gasteiger partial charge is 0.272 e. The molecule has 0 saturated heterocycles. The molecule has 0 aliphatic carbocycles. The Balaban J connectivity index is 2.37. The Labute approximate surface area is 79.8 Å². The van der Waals surface area contributed by atoms with Crippen LogP contribution in [-0.4, -0.2) is 15.5 Å².